The molecule has 1 aliphatic rings. The van der Waals surface area contributed by atoms with E-state index < -0.39 is 10.0 Å². The van der Waals surface area contributed by atoms with Crippen LogP contribution in [-0.2, 0) is 10.0 Å². The van der Waals surface area contributed by atoms with Crippen LogP contribution in [0.15, 0.2) is 21.5 Å². The molecule has 118 valence electrons. The van der Waals surface area contributed by atoms with Crippen LogP contribution in [-0.4, -0.2) is 28.1 Å². The Labute approximate surface area is 138 Å². The molecule has 0 spiro atoms. The van der Waals surface area contributed by atoms with Crippen molar-refractivity contribution in [1.82, 2.24) is 4.72 Å². The molecular formula is C13H18BrClN2O3S. The Morgan fingerprint density at radius 1 is 1.48 bits per heavy atom. The minimum absolute atomic E-state index is 0.107. The number of nitrogens with two attached hydrogens (primary N) is 1. The van der Waals surface area contributed by atoms with Gasteiger partial charge in [-0.15, -0.1) is 0 Å². The maximum Gasteiger partial charge on any atom is 0.242 e. The highest BCUT2D eigenvalue weighted by Crippen LogP contribution is 2.34. The number of rotatable bonds is 5. The standard InChI is InChI=1S/C13H18BrClN2O3S/c1-20-12-5-9(14)13(6-10(12)15)21(18,19)17-11-4-2-3-8(11)7-16/h5-6,8,11,17H,2-4,7,16H2,1H3. The second-order valence-corrected chi connectivity index (χ2v) is 8.02. The van der Waals surface area contributed by atoms with Crippen LogP contribution in [0.5, 0.6) is 5.75 Å². The maximum atomic E-state index is 12.5. The second kappa shape index (κ2) is 6.83. The van der Waals surface area contributed by atoms with Crippen molar-refractivity contribution in [2.75, 3.05) is 13.7 Å². The van der Waals surface area contributed by atoms with Gasteiger partial charge >= 0.3 is 0 Å². The minimum atomic E-state index is -3.66. The Balaban J connectivity index is 2.29. The van der Waals surface area contributed by atoms with Crippen LogP contribution < -0.4 is 15.2 Å². The van der Waals surface area contributed by atoms with Crippen molar-refractivity contribution < 1.29 is 13.2 Å². The number of hydrogen-bond acceptors (Lipinski definition) is 4. The zero-order valence-electron chi connectivity index (χ0n) is 11.6. The molecule has 2 unspecified atom stereocenters. The summed E-state index contributed by atoms with van der Waals surface area (Å²) in [4.78, 5) is 0.107. The van der Waals surface area contributed by atoms with E-state index in [1.807, 2.05) is 0 Å². The molecule has 0 bridgehead atoms. The highest BCUT2D eigenvalue weighted by atomic mass is 79.9. The first kappa shape index (κ1) is 17.0. The van der Waals surface area contributed by atoms with E-state index in [0.29, 0.717) is 16.8 Å². The zero-order chi connectivity index (χ0) is 15.6. The number of methoxy groups -OCH3 is 1. The van der Waals surface area contributed by atoms with Crippen LogP contribution in [0, 0.1) is 5.92 Å². The third-order valence-corrected chi connectivity index (χ3v) is 6.51. The molecule has 2 rings (SSSR count). The molecule has 21 heavy (non-hydrogen) atoms. The highest BCUT2D eigenvalue weighted by Gasteiger charge is 2.31. The van der Waals surface area contributed by atoms with Gasteiger partial charge in [0, 0.05) is 10.5 Å². The van der Waals surface area contributed by atoms with Gasteiger partial charge in [0.25, 0.3) is 0 Å². The number of sulfonamides is 1. The smallest absolute Gasteiger partial charge is 0.242 e. The van der Waals surface area contributed by atoms with Gasteiger partial charge in [-0.3, -0.25) is 0 Å². The molecule has 5 nitrogen and oxygen atoms in total. The van der Waals surface area contributed by atoms with Crippen molar-refractivity contribution in [1.29, 1.82) is 0 Å². The lowest BCUT2D eigenvalue weighted by atomic mass is 10.1. The fraction of sp³-hybridized carbons (Fsp3) is 0.538. The van der Waals surface area contributed by atoms with Gasteiger partial charge in [0.15, 0.2) is 0 Å². The summed E-state index contributed by atoms with van der Waals surface area (Å²) >= 11 is 9.28. The number of hydrogen-bond donors (Lipinski definition) is 2. The molecule has 1 aromatic rings. The molecule has 3 N–H and O–H groups in total. The Morgan fingerprint density at radius 2 is 2.19 bits per heavy atom. The van der Waals surface area contributed by atoms with Gasteiger partial charge in [0.2, 0.25) is 10.0 Å². The zero-order valence-corrected chi connectivity index (χ0v) is 14.8. The van der Waals surface area contributed by atoms with E-state index in [9.17, 15) is 8.42 Å². The lowest BCUT2D eigenvalue weighted by Gasteiger charge is -2.20. The molecule has 1 aliphatic carbocycles. The van der Waals surface area contributed by atoms with Crippen molar-refractivity contribution in [3.8, 4) is 5.75 Å². The van der Waals surface area contributed by atoms with Crippen LogP contribution in [0.3, 0.4) is 0 Å². The van der Waals surface area contributed by atoms with Gasteiger partial charge in [-0.1, -0.05) is 18.0 Å². The molecule has 0 amide bonds. The number of ether oxygens (including phenoxy) is 1. The molecule has 1 aromatic carbocycles. The lowest BCUT2D eigenvalue weighted by molar-refractivity contribution is 0.414. The predicted octanol–water partition coefficient (Wildman–Crippen LogP) is 2.52. The summed E-state index contributed by atoms with van der Waals surface area (Å²) in [5.41, 5.74) is 5.69. The van der Waals surface area contributed by atoms with E-state index in [0.717, 1.165) is 19.3 Å². The van der Waals surface area contributed by atoms with Gasteiger partial charge in [-0.05, 0) is 53.4 Å². The Morgan fingerprint density at radius 3 is 2.81 bits per heavy atom. The maximum absolute atomic E-state index is 12.5. The average Bonchev–Trinajstić information content (AvgIpc) is 2.87. The minimum Gasteiger partial charge on any atom is -0.495 e. The van der Waals surface area contributed by atoms with E-state index >= 15 is 0 Å². The summed E-state index contributed by atoms with van der Waals surface area (Å²) in [5, 5.41) is 0.253. The van der Waals surface area contributed by atoms with Crippen molar-refractivity contribution >= 4 is 37.6 Å². The van der Waals surface area contributed by atoms with E-state index in [1.165, 1.54) is 13.2 Å². The first-order valence-corrected chi connectivity index (χ1v) is 9.30. The number of benzene rings is 1. The highest BCUT2D eigenvalue weighted by molar-refractivity contribution is 9.10. The second-order valence-electron chi connectivity index (χ2n) is 5.07. The molecule has 0 radical (unpaired) electrons. The Bertz CT molecular complexity index is 624. The molecule has 1 saturated carbocycles. The first-order chi connectivity index (χ1) is 9.89. The van der Waals surface area contributed by atoms with Gasteiger partial charge in [-0.2, -0.15) is 0 Å². The van der Waals surface area contributed by atoms with Gasteiger partial charge in [0.05, 0.1) is 17.0 Å². The molecule has 8 heteroatoms. The number of halogens is 2. The molecule has 0 aliphatic heterocycles. The summed E-state index contributed by atoms with van der Waals surface area (Å²) in [6, 6.07) is 2.82. The SMILES string of the molecule is COc1cc(Br)c(S(=O)(=O)NC2CCCC2CN)cc1Cl. The van der Waals surface area contributed by atoms with Crippen LogP contribution in [0.1, 0.15) is 19.3 Å². The third kappa shape index (κ3) is 3.71. The summed E-state index contributed by atoms with van der Waals surface area (Å²) in [5.74, 6) is 0.607. The molecule has 0 heterocycles. The molecule has 1 fully saturated rings. The quantitative estimate of drug-likeness (QED) is 0.800. The molecule has 0 aromatic heterocycles. The van der Waals surface area contributed by atoms with Crippen LogP contribution in [0.25, 0.3) is 0 Å². The van der Waals surface area contributed by atoms with Gasteiger partial charge in [-0.25, -0.2) is 13.1 Å². The van der Waals surface area contributed by atoms with E-state index in [-0.39, 0.29) is 21.9 Å². The third-order valence-electron chi connectivity index (χ3n) is 3.76. The Kier molecular flexibility index (Phi) is 5.54. The Hall–Kier alpha value is -0.340. The number of nitrogens with one attached hydrogen (secondary N) is 1. The lowest BCUT2D eigenvalue weighted by Crippen LogP contribution is -2.39. The first-order valence-electron chi connectivity index (χ1n) is 6.64. The fourth-order valence-electron chi connectivity index (χ4n) is 2.61. The van der Waals surface area contributed by atoms with Crippen LogP contribution >= 0.6 is 27.5 Å². The van der Waals surface area contributed by atoms with Gasteiger partial charge in [0.1, 0.15) is 5.75 Å². The van der Waals surface area contributed by atoms with Crippen molar-refractivity contribution in [3.63, 3.8) is 0 Å². The molecular weight excluding hydrogens is 380 g/mol. The normalized spacial score (nSPS) is 22.5. The predicted molar refractivity (Wildman–Crippen MR) is 86.2 cm³/mol. The van der Waals surface area contributed by atoms with Crippen LogP contribution in [0.4, 0.5) is 0 Å². The van der Waals surface area contributed by atoms with Crippen LogP contribution in [0.2, 0.25) is 5.02 Å². The molecule has 2 atom stereocenters. The summed E-state index contributed by atoms with van der Waals surface area (Å²) in [7, 11) is -2.18. The van der Waals surface area contributed by atoms with Gasteiger partial charge < -0.3 is 10.5 Å². The van der Waals surface area contributed by atoms with E-state index in [1.54, 1.807) is 6.07 Å². The summed E-state index contributed by atoms with van der Waals surface area (Å²) in [6.45, 7) is 0.484. The molecule has 0 saturated heterocycles. The topological polar surface area (TPSA) is 81.4 Å². The van der Waals surface area contributed by atoms with Crippen molar-refractivity contribution in [3.05, 3.63) is 21.6 Å². The summed E-state index contributed by atoms with van der Waals surface area (Å²) in [6.07, 6.45) is 2.75. The van der Waals surface area contributed by atoms with Crippen molar-refractivity contribution in [2.24, 2.45) is 11.7 Å². The largest absolute Gasteiger partial charge is 0.495 e. The monoisotopic (exact) mass is 396 g/mol. The van der Waals surface area contributed by atoms with E-state index in [2.05, 4.69) is 20.7 Å². The van der Waals surface area contributed by atoms with E-state index in [4.69, 9.17) is 22.1 Å². The summed E-state index contributed by atoms with van der Waals surface area (Å²) < 4.78 is 33.3. The average molecular weight is 398 g/mol. The van der Waals surface area contributed by atoms with Crippen molar-refractivity contribution in [2.45, 2.75) is 30.2 Å². The fourth-order valence-corrected chi connectivity index (χ4v) is 5.30.